The van der Waals surface area contributed by atoms with Crippen molar-refractivity contribution in [2.75, 3.05) is 26.2 Å². The second-order valence-electron chi connectivity index (χ2n) is 8.10. The average Bonchev–Trinajstić information content (AvgIpc) is 2.70. The monoisotopic (exact) mass is 468 g/mol. The zero-order chi connectivity index (χ0) is 24.0. The fourth-order valence-electron chi connectivity index (χ4n) is 3.07. The van der Waals surface area contributed by atoms with Gasteiger partial charge in [-0.2, -0.15) is 0 Å². The standard InChI is InChI=1S/C23H31FN4O4.Na/c1-14(2)21-19(11-10-17(29)12-18(30)13-20(31)32)22(15-6-8-16(24)9-7-15)26-23(25-21)28(5)27(3)4;/h6-11,14,17-18,29-30H,12-13H2,1-5H3,(H,31,32);/q;+1/p-1/b11-10+;. The van der Waals surface area contributed by atoms with Crippen LogP contribution in [0.25, 0.3) is 17.3 Å². The van der Waals surface area contributed by atoms with Gasteiger partial charge in [-0.05, 0) is 30.2 Å². The molecule has 8 nitrogen and oxygen atoms in total. The van der Waals surface area contributed by atoms with Crippen molar-refractivity contribution >= 4 is 18.0 Å². The minimum absolute atomic E-state index is 0. The number of halogens is 1. The van der Waals surface area contributed by atoms with Crippen molar-refractivity contribution in [2.24, 2.45) is 0 Å². The van der Waals surface area contributed by atoms with E-state index in [0.29, 0.717) is 22.8 Å². The van der Waals surface area contributed by atoms with E-state index < -0.39 is 24.6 Å². The van der Waals surface area contributed by atoms with E-state index in [1.54, 1.807) is 23.2 Å². The fraction of sp³-hybridized carbons (Fsp3) is 0.435. The normalized spacial score (nSPS) is 13.3. The number of aliphatic carboxylic acids is 1. The molecule has 2 N–H and O–H groups in total. The van der Waals surface area contributed by atoms with E-state index in [1.165, 1.54) is 18.2 Å². The quantitative estimate of drug-likeness (QED) is 0.323. The van der Waals surface area contributed by atoms with Crippen LogP contribution in [-0.4, -0.2) is 64.5 Å². The third-order valence-electron chi connectivity index (χ3n) is 4.92. The first-order chi connectivity index (χ1) is 15.0. The van der Waals surface area contributed by atoms with Gasteiger partial charge in [-0.15, -0.1) is 0 Å². The van der Waals surface area contributed by atoms with Gasteiger partial charge in [0.25, 0.3) is 0 Å². The van der Waals surface area contributed by atoms with E-state index in [2.05, 4.69) is 0 Å². The Kier molecular flexibility index (Phi) is 11.6. The van der Waals surface area contributed by atoms with Gasteiger partial charge in [0.2, 0.25) is 5.95 Å². The Bertz CT molecular complexity index is 954. The molecule has 0 amide bonds. The predicted octanol–water partition coefficient (Wildman–Crippen LogP) is -1.41. The van der Waals surface area contributed by atoms with Crippen LogP contribution in [-0.2, 0) is 4.79 Å². The SMILES string of the molecule is CC(C)c1nc(N(C)N(C)C)nc(-c2ccc(F)cc2)c1/C=C/C(O)CC(O)CC(=O)[O-].[Na+]. The van der Waals surface area contributed by atoms with Gasteiger partial charge in [-0.3, -0.25) is 5.01 Å². The van der Waals surface area contributed by atoms with Crippen LogP contribution < -0.4 is 39.7 Å². The topological polar surface area (TPSA) is 113 Å². The summed E-state index contributed by atoms with van der Waals surface area (Å²) in [4.78, 5) is 20.0. The molecule has 0 aliphatic heterocycles. The van der Waals surface area contributed by atoms with E-state index in [9.17, 15) is 24.5 Å². The molecule has 0 fully saturated rings. The molecule has 2 atom stereocenters. The molecule has 2 rings (SSSR count). The first-order valence-electron chi connectivity index (χ1n) is 10.3. The number of rotatable bonds is 10. The van der Waals surface area contributed by atoms with Gasteiger partial charge in [-0.25, -0.2) is 19.4 Å². The molecule has 1 aromatic carbocycles. The molecule has 174 valence electrons. The van der Waals surface area contributed by atoms with Gasteiger partial charge in [-0.1, -0.05) is 26.0 Å². The number of carboxylic acids is 1. The van der Waals surface area contributed by atoms with Gasteiger partial charge >= 0.3 is 29.6 Å². The van der Waals surface area contributed by atoms with Crippen LogP contribution in [0.4, 0.5) is 10.3 Å². The minimum atomic E-state index is -1.39. The average molecular weight is 469 g/mol. The van der Waals surface area contributed by atoms with Crippen molar-refractivity contribution < 1.29 is 54.1 Å². The Hall–Kier alpha value is -1.88. The van der Waals surface area contributed by atoms with E-state index >= 15 is 0 Å². The van der Waals surface area contributed by atoms with E-state index in [0.717, 1.165) is 5.69 Å². The van der Waals surface area contributed by atoms with Gasteiger partial charge in [0, 0.05) is 51.1 Å². The Morgan fingerprint density at radius 2 is 1.76 bits per heavy atom. The third kappa shape index (κ3) is 8.44. The number of carbonyl (C=O) groups excluding carboxylic acids is 1. The maximum absolute atomic E-state index is 13.5. The van der Waals surface area contributed by atoms with Gasteiger partial charge in [0.05, 0.1) is 23.6 Å². The first-order valence-corrected chi connectivity index (χ1v) is 10.3. The molecule has 0 bridgehead atoms. The first kappa shape index (κ1) is 29.2. The fourth-order valence-corrected chi connectivity index (χ4v) is 3.07. The summed E-state index contributed by atoms with van der Waals surface area (Å²) in [6, 6.07) is 5.94. The molecule has 0 aliphatic rings. The van der Waals surface area contributed by atoms with Crippen molar-refractivity contribution in [3.63, 3.8) is 0 Å². The number of aromatic nitrogens is 2. The third-order valence-corrected chi connectivity index (χ3v) is 4.92. The Morgan fingerprint density at radius 1 is 1.15 bits per heavy atom. The Labute approximate surface area is 216 Å². The molecule has 2 aromatic rings. The maximum Gasteiger partial charge on any atom is 1.00 e. The van der Waals surface area contributed by atoms with Crippen LogP contribution in [0.2, 0.25) is 0 Å². The zero-order valence-corrected chi connectivity index (χ0v) is 22.0. The number of benzene rings is 1. The van der Waals surface area contributed by atoms with Crippen molar-refractivity contribution in [2.45, 2.75) is 44.8 Å². The number of aliphatic hydroxyl groups is 2. The summed E-state index contributed by atoms with van der Waals surface area (Å²) >= 11 is 0. The number of hydrogen-bond acceptors (Lipinski definition) is 8. The molecular formula is C23H30FN4NaO4. The second kappa shape index (κ2) is 13.1. The molecule has 0 spiro atoms. The zero-order valence-electron chi connectivity index (χ0n) is 20.0. The number of anilines is 1. The van der Waals surface area contributed by atoms with Gasteiger partial charge in [0.15, 0.2) is 0 Å². The molecule has 2 unspecified atom stereocenters. The number of hydrogen-bond donors (Lipinski definition) is 2. The number of aliphatic hydroxyl groups excluding tert-OH is 2. The van der Waals surface area contributed by atoms with E-state index in [-0.39, 0.29) is 47.7 Å². The van der Waals surface area contributed by atoms with E-state index in [4.69, 9.17) is 9.97 Å². The van der Waals surface area contributed by atoms with Crippen LogP contribution >= 0.6 is 0 Å². The Morgan fingerprint density at radius 3 is 2.27 bits per heavy atom. The maximum atomic E-state index is 13.5. The van der Waals surface area contributed by atoms with Crippen LogP contribution in [0.15, 0.2) is 30.3 Å². The second-order valence-corrected chi connectivity index (χ2v) is 8.10. The minimum Gasteiger partial charge on any atom is -0.550 e. The van der Waals surface area contributed by atoms with Crippen molar-refractivity contribution in [1.29, 1.82) is 0 Å². The smallest absolute Gasteiger partial charge is 0.550 e. The van der Waals surface area contributed by atoms with Gasteiger partial charge in [0.1, 0.15) is 5.82 Å². The van der Waals surface area contributed by atoms with Crippen LogP contribution in [0.3, 0.4) is 0 Å². The summed E-state index contributed by atoms with van der Waals surface area (Å²) in [5, 5.41) is 34.3. The van der Waals surface area contributed by atoms with Gasteiger partial charge < -0.3 is 20.1 Å². The number of nitrogens with zero attached hydrogens (tertiary/aromatic N) is 4. The summed E-state index contributed by atoms with van der Waals surface area (Å²) in [6.45, 7) is 3.96. The summed E-state index contributed by atoms with van der Waals surface area (Å²) < 4.78 is 13.5. The molecule has 1 heterocycles. The van der Waals surface area contributed by atoms with E-state index in [1.807, 2.05) is 40.0 Å². The molecule has 33 heavy (non-hydrogen) atoms. The molecule has 10 heteroatoms. The summed E-state index contributed by atoms with van der Waals surface area (Å²) in [5.74, 6) is -1.29. The molecule has 0 saturated heterocycles. The molecule has 0 radical (unpaired) electrons. The van der Waals surface area contributed by atoms with Crippen molar-refractivity contribution in [3.8, 4) is 11.3 Å². The number of carboxylic acid groups (broad SMARTS) is 1. The number of hydrazine groups is 1. The summed E-state index contributed by atoms with van der Waals surface area (Å²) in [6.07, 6.45) is 0.0885. The molecule has 0 saturated carbocycles. The molecule has 1 aromatic heterocycles. The van der Waals surface area contributed by atoms with Crippen molar-refractivity contribution in [3.05, 3.63) is 47.4 Å². The van der Waals surface area contributed by atoms with Crippen LogP contribution in [0, 0.1) is 5.82 Å². The molecular weight excluding hydrogens is 438 g/mol. The summed E-state index contributed by atoms with van der Waals surface area (Å²) in [7, 11) is 5.54. The predicted molar refractivity (Wildman–Crippen MR) is 119 cm³/mol. The van der Waals surface area contributed by atoms with Crippen LogP contribution in [0.5, 0.6) is 0 Å². The van der Waals surface area contributed by atoms with Crippen LogP contribution in [0.1, 0.15) is 43.9 Å². The molecule has 0 aliphatic carbocycles. The van der Waals surface area contributed by atoms with Crippen molar-refractivity contribution in [1.82, 2.24) is 15.0 Å². The largest absolute Gasteiger partial charge is 1.00 e. The Balaban J connectivity index is 0.00000544. The summed E-state index contributed by atoms with van der Waals surface area (Å²) in [5.41, 5.74) is 2.61. The number of carbonyl (C=O) groups is 1.